The van der Waals surface area contributed by atoms with E-state index in [1.54, 1.807) is 19.2 Å². The van der Waals surface area contributed by atoms with E-state index >= 15 is 0 Å². The Labute approximate surface area is 164 Å². The highest BCUT2D eigenvalue weighted by atomic mass is 35.5. The summed E-state index contributed by atoms with van der Waals surface area (Å²) < 4.78 is 11.5. The summed E-state index contributed by atoms with van der Waals surface area (Å²) in [5.74, 6) is 1.57. The highest BCUT2D eigenvalue weighted by Gasteiger charge is 2.22. The average molecular weight is 390 g/mol. The minimum absolute atomic E-state index is 0.120. The molecule has 144 valence electrons. The van der Waals surface area contributed by atoms with Gasteiger partial charge in [0, 0.05) is 43.5 Å². The number of aromatic nitrogens is 1. The molecule has 1 aliphatic heterocycles. The number of ether oxygens (including phenoxy) is 2. The molecule has 0 saturated carbocycles. The van der Waals surface area contributed by atoms with E-state index in [1.807, 2.05) is 18.2 Å². The Morgan fingerprint density at radius 3 is 3.00 bits per heavy atom. The number of benzene rings is 1. The van der Waals surface area contributed by atoms with E-state index in [2.05, 4.69) is 22.1 Å². The molecule has 1 aliphatic rings. The Morgan fingerprint density at radius 2 is 2.26 bits per heavy atom. The predicted molar refractivity (Wildman–Crippen MR) is 105 cm³/mol. The third-order valence-electron chi connectivity index (χ3n) is 4.57. The molecule has 0 unspecified atom stereocenters. The lowest BCUT2D eigenvalue weighted by atomic mass is 10.2. The number of methoxy groups -OCH3 is 1. The molecule has 0 aliphatic carbocycles. The number of hydrogen-bond acceptors (Lipinski definition) is 5. The van der Waals surface area contributed by atoms with Gasteiger partial charge in [0.05, 0.1) is 7.11 Å². The number of amides is 1. The number of nitrogens with zero attached hydrogens (tertiary/aromatic N) is 2. The quantitative estimate of drug-likeness (QED) is 0.769. The van der Waals surface area contributed by atoms with Crippen LogP contribution in [0.1, 0.15) is 29.3 Å². The molecular weight excluding hydrogens is 366 g/mol. The third kappa shape index (κ3) is 5.11. The number of pyridine rings is 1. The van der Waals surface area contributed by atoms with Gasteiger partial charge in [-0.1, -0.05) is 18.5 Å². The molecular formula is C20H24ClN3O3. The van der Waals surface area contributed by atoms with E-state index in [0.717, 1.165) is 43.1 Å². The first-order chi connectivity index (χ1) is 13.1. The van der Waals surface area contributed by atoms with Crippen LogP contribution in [0.4, 0.5) is 0 Å². The van der Waals surface area contributed by atoms with Crippen molar-refractivity contribution in [2.24, 2.45) is 0 Å². The molecule has 0 saturated heterocycles. The van der Waals surface area contributed by atoms with Gasteiger partial charge in [-0.05, 0) is 36.8 Å². The molecule has 0 radical (unpaired) electrons. The van der Waals surface area contributed by atoms with Crippen LogP contribution in [0, 0.1) is 0 Å². The molecule has 3 rings (SSSR count). The van der Waals surface area contributed by atoms with Gasteiger partial charge in [0.1, 0.15) is 22.8 Å². The maximum Gasteiger partial charge on any atom is 0.251 e. The number of carbonyl (C=O) groups is 1. The minimum atomic E-state index is -0.153. The zero-order chi connectivity index (χ0) is 19.2. The van der Waals surface area contributed by atoms with E-state index in [9.17, 15) is 4.79 Å². The monoisotopic (exact) mass is 389 g/mol. The maximum absolute atomic E-state index is 12.3. The Hall–Kier alpha value is -2.31. The van der Waals surface area contributed by atoms with Crippen molar-refractivity contribution in [2.45, 2.75) is 26.0 Å². The van der Waals surface area contributed by atoms with E-state index in [1.165, 1.54) is 6.20 Å². The highest BCUT2D eigenvalue weighted by Crippen LogP contribution is 2.29. The predicted octanol–water partition coefficient (Wildman–Crippen LogP) is 3.15. The van der Waals surface area contributed by atoms with Gasteiger partial charge >= 0.3 is 0 Å². The molecule has 6 nitrogen and oxygen atoms in total. The summed E-state index contributed by atoms with van der Waals surface area (Å²) in [5, 5.41) is 3.25. The van der Waals surface area contributed by atoms with Crippen LogP contribution in [0.15, 0.2) is 36.5 Å². The Balaban J connectivity index is 1.62. The number of carbonyl (C=O) groups excluding carboxylic acids is 1. The number of halogens is 1. The molecule has 0 bridgehead atoms. The van der Waals surface area contributed by atoms with E-state index < -0.39 is 0 Å². The van der Waals surface area contributed by atoms with Crippen LogP contribution in [-0.2, 0) is 6.54 Å². The van der Waals surface area contributed by atoms with Crippen molar-refractivity contribution in [2.75, 3.05) is 26.7 Å². The molecule has 0 spiro atoms. The summed E-state index contributed by atoms with van der Waals surface area (Å²) in [6.07, 6.45) is 2.57. The molecule has 1 amide bonds. The first-order valence-corrected chi connectivity index (χ1v) is 9.42. The number of nitrogens with one attached hydrogen (secondary N) is 1. The van der Waals surface area contributed by atoms with Crippen molar-refractivity contribution < 1.29 is 14.3 Å². The van der Waals surface area contributed by atoms with Crippen molar-refractivity contribution >= 4 is 17.5 Å². The van der Waals surface area contributed by atoms with Gasteiger partial charge in [0.25, 0.3) is 5.91 Å². The molecule has 2 heterocycles. The van der Waals surface area contributed by atoms with E-state index in [4.69, 9.17) is 21.1 Å². The van der Waals surface area contributed by atoms with Gasteiger partial charge in [-0.15, -0.1) is 0 Å². The van der Waals surface area contributed by atoms with Crippen molar-refractivity contribution in [3.8, 4) is 11.5 Å². The summed E-state index contributed by atoms with van der Waals surface area (Å²) in [4.78, 5) is 18.4. The summed E-state index contributed by atoms with van der Waals surface area (Å²) >= 11 is 5.84. The maximum atomic E-state index is 12.3. The molecule has 2 aromatic rings. The molecule has 1 N–H and O–H groups in total. The van der Waals surface area contributed by atoms with Crippen molar-refractivity contribution in [3.05, 3.63) is 52.8 Å². The van der Waals surface area contributed by atoms with Crippen molar-refractivity contribution in [3.63, 3.8) is 0 Å². The Kier molecular flexibility index (Phi) is 6.53. The van der Waals surface area contributed by atoms with Crippen LogP contribution in [-0.4, -0.2) is 48.6 Å². The lowest BCUT2D eigenvalue weighted by Crippen LogP contribution is -2.38. The largest absolute Gasteiger partial charge is 0.497 e. The van der Waals surface area contributed by atoms with Gasteiger partial charge in [-0.2, -0.15) is 0 Å². The van der Waals surface area contributed by atoms with Gasteiger partial charge < -0.3 is 14.8 Å². The smallest absolute Gasteiger partial charge is 0.251 e. The summed E-state index contributed by atoms with van der Waals surface area (Å²) in [6, 6.07) is 9.11. The fourth-order valence-corrected chi connectivity index (χ4v) is 3.26. The normalized spacial score (nSPS) is 16.8. The van der Waals surface area contributed by atoms with E-state index in [0.29, 0.717) is 17.3 Å². The first kappa shape index (κ1) is 19.5. The molecule has 1 aromatic heterocycles. The molecule has 27 heavy (non-hydrogen) atoms. The molecule has 1 aromatic carbocycles. The van der Waals surface area contributed by atoms with Gasteiger partial charge in [0.15, 0.2) is 0 Å². The number of fused-ring (bicyclic) bond motifs is 1. The Bertz CT molecular complexity index is 800. The second-order valence-corrected chi connectivity index (χ2v) is 6.87. The second kappa shape index (κ2) is 9.06. The molecule has 7 heteroatoms. The fraction of sp³-hybridized carbons (Fsp3) is 0.400. The van der Waals surface area contributed by atoms with Crippen LogP contribution in [0.2, 0.25) is 5.15 Å². The summed E-state index contributed by atoms with van der Waals surface area (Å²) in [7, 11) is 1.66. The lowest BCUT2D eigenvalue weighted by molar-refractivity contribution is 0.0942. The SMILES string of the molecule is CC[C@H]1CN(CCNC(=O)c2ccnc(Cl)c2)Cc2cc(OC)ccc2O1. The number of hydrogen-bond donors (Lipinski definition) is 1. The average Bonchev–Trinajstić information content (AvgIpc) is 2.85. The van der Waals surface area contributed by atoms with Crippen molar-refractivity contribution in [1.29, 1.82) is 0 Å². The zero-order valence-electron chi connectivity index (χ0n) is 15.6. The highest BCUT2D eigenvalue weighted by molar-refractivity contribution is 6.29. The summed E-state index contributed by atoms with van der Waals surface area (Å²) in [6.45, 7) is 4.94. The van der Waals surface area contributed by atoms with Crippen LogP contribution < -0.4 is 14.8 Å². The van der Waals surface area contributed by atoms with Crippen LogP contribution in [0.25, 0.3) is 0 Å². The number of rotatable bonds is 6. The molecule has 1 atom stereocenters. The zero-order valence-corrected chi connectivity index (χ0v) is 16.3. The molecule has 0 fully saturated rings. The van der Waals surface area contributed by atoms with Gasteiger partial charge in [-0.25, -0.2) is 4.98 Å². The van der Waals surface area contributed by atoms with Crippen molar-refractivity contribution in [1.82, 2.24) is 15.2 Å². The van der Waals surface area contributed by atoms with Gasteiger partial charge in [-0.3, -0.25) is 9.69 Å². The van der Waals surface area contributed by atoms with Gasteiger partial charge in [0.2, 0.25) is 0 Å². The first-order valence-electron chi connectivity index (χ1n) is 9.04. The summed E-state index contributed by atoms with van der Waals surface area (Å²) in [5.41, 5.74) is 1.60. The second-order valence-electron chi connectivity index (χ2n) is 6.48. The minimum Gasteiger partial charge on any atom is -0.497 e. The van der Waals surface area contributed by atoms with Crippen LogP contribution in [0.5, 0.6) is 11.5 Å². The standard InChI is InChI=1S/C20H24ClN3O3/c1-3-16-13-24(12-15-10-17(26-2)4-5-18(15)27-16)9-8-23-20(25)14-6-7-22-19(21)11-14/h4-7,10-11,16H,3,8-9,12-13H2,1-2H3,(H,23,25)/t16-/m0/s1. The third-order valence-corrected chi connectivity index (χ3v) is 4.78. The van der Waals surface area contributed by atoms with E-state index in [-0.39, 0.29) is 12.0 Å². The van der Waals surface area contributed by atoms with Crippen LogP contribution >= 0.6 is 11.6 Å². The Morgan fingerprint density at radius 1 is 1.41 bits per heavy atom. The fourth-order valence-electron chi connectivity index (χ4n) is 3.09. The lowest BCUT2D eigenvalue weighted by Gasteiger charge is -2.23. The van der Waals surface area contributed by atoms with Crippen LogP contribution in [0.3, 0.4) is 0 Å². The topological polar surface area (TPSA) is 63.7 Å².